The predicted octanol–water partition coefficient (Wildman–Crippen LogP) is 1.78. The van der Waals surface area contributed by atoms with E-state index in [1.54, 1.807) is 0 Å². The molecule has 22 heavy (non-hydrogen) atoms. The number of ether oxygens (including phenoxy) is 1. The number of hydrogen-bond donors (Lipinski definition) is 4. The van der Waals surface area contributed by atoms with Gasteiger partial charge in [-0.2, -0.15) is 0 Å². The van der Waals surface area contributed by atoms with E-state index in [-0.39, 0.29) is 24.5 Å². The van der Waals surface area contributed by atoms with E-state index in [4.69, 9.17) is 20.3 Å². The van der Waals surface area contributed by atoms with Crippen molar-refractivity contribution in [2.45, 2.75) is 52.0 Å². The maximum Gasteiger partial charge on any atom is 0.407 e. The molecule has 0 rings (SSSR count). The highest BCUT2D eigenvalue weighted by molar-refractivity contribution is 5.79. The predicted molar refractivity (Wildman–Crippen MR) is 75.2 cm³/mol. The first-order chi connectivity index (χ1) is 10.3. The minimum Gasteiger partial charge on any atom is -0.480 e. The fraction of sp³-hybridized carbons (Fsp3) is 0.846. The van der Waals surface area contributed by atoms with Crippen molar-refractivity contribution in [1.29, 1.82) is 0 Å². The summed E-state index contributed by atoms with van der Waals surface area (Å²) in [6, 6.07) is -0.940. The van der Waals surface area contributed by atoms with Crippen LogP contribution in [0.4, 0.5) is 4.79 Å². The van der Waals surface area contributed by atoms with Gasteiger partial charge in [0.25, 0.3) is 0 Å². The van der Waals surface area contributed by atoms with Crippen molar-refractivity contribution in [3.63, 3.8) is 0 Å². The van der Waals surface area contributed by atoms with Gasteiger partial charge < -0.3 is 15.2 Å². The molecule has 0 heterocycles. The number of nitrogens with one attached hydrogen (secondary N) is 1. The first-order valence-corrected chi connectivity index (χ1v) is 7.29. The molecule has 4 N–H and O–H groups in total. The number of carboxylic acid groups (broad SMARTS) is 1. The summed E-state index contributed by atoms with van der Waals surface area (Å²) in [5.41, 5.74) is 0. The van der Waals surface area contributed by atoms with Crippen LogP contribution in [-0.2, 0) is 14.4 Å². The van der Waals surface area contributed by atoms with Crippen LogP contribution >= 0.6 is 0 Å². The first-order valence-electron chi connectivity index (χ1n) is 7.29. The van der Waals surface area contributed by atoms with Crippen LogP contribution in [0.3, 0.4) is 0 Å². The van der Waals surface area contributed by atoms with Gasteiger partial charge >= 0.3 is 12.1 Å². The van der Waals surface area contributed by atoms with Gasteiger partial charge in [-0.05, 0) is 31.6 Å². The van der Waals surface area contributed by atoms with Crippen molar-refractivity contribution in [2.75, 3.05) is 13.2 Å². The summed E-state index contributed by atoms with van der Waals surface area (Å²) in [6.45, 7) is 4.13. The second-order valence-corrected chi connectivity index (χ2v) is 5.30. The molecule has 0 saturated carbocycles. The van der Waals surface area contributed by atoms with Gasteiger partial charge in [0.1, 0.15) is 6.04 Å². The lowest BCUT2D eigenvalue weighted by molar-refractivity contribution is -0.492. The Morgan fingerprint density at radius 3 is 2.18 bits per heavy atom. The van der Waals surface area contributed by atoms with Crippen molar-refractivity contribution in [1.82, 2.24) is 10.7 Å². The van der Waals surface area contributed by atoms with Crippen LogP contribution in [0.25, 0.3) is 0 Å². The Hall–Kier alpha value is -1.42. The minimum atomic E-state index is -1.08. The summed E-state index contributed by atoms with van der Waals surface area (Å²) in [4.78, 5) is 26.8. The van der Waals surface area contributed by atoms with Crippen LogP contribution in [0.2, 0.25) is 0 Å². The molecule has 0 aromatic carbocycles. The van der Waals surface area contributed by atoms with Crippen molar-refractivity contribution < 1.29 is 34.7 Å². The lowest BCUT2D eigenvalue weighted by atomic mass is 10.0. The molecule has 1 unspecified atom stereocenters. The van der Waals surface area contributed by atoms with Crippen LogP contribution in [0.5, 0.6) is 0 Å². The molecular formula is C13H26N2O7. The third kappa shape index (κ3) is 12.3. The summed E-state index contributed by atoms with van der Waals surface area (Å²) in [5, 5.41) is 27.5. The number of carboxylic acids is 1. The van der Waals surface area contributed by atoms with Crippen molar-refractivity contribution in [3.8, 4) is 0 Å². The summed E-state index contributed by atoms with van der Waals surface area (Å²) < 4.78 is 4.92. The van der Waals surface area contributed by atoms with Crippen LogP contribution in [0, 0.1) is 5.92 Å². The van der Waals surface area contributed by atoms with E-state index in [2.05, 4.69) is 10.2 Å². The third-order valence-corrected chi connectivity index (χ3v) is 2.78. The molecule has 0 aromatic heterocycles. The maximum atomic E-state index is 11.5. The van der Waals surface area contributed by atoms with Gasteiger partial charge in [0.15, 0.2) is 0 Å². The topological polar surface area (TPSA) is 129 Å². The summed E-state index contributed by atoms with van der Waals surface area (Å²) >= 11 is 0. The molecule has 0 aliphatic heterocycles. The highest BCUT2D eigenvalue weighted by Gasteiger charge is 2.21. The normalized spacial score (nSPS) is 12.5. The molecule has 1 amide bonds. The number of alkyl carbamates (subject to hydrolysis) is 1. The smallest absolute Gasteiger partial charge is 0.407 e. The van der Waals surface area contributed by atoms with E-state index < -0.39 is 18.1 Å². The largest absolute Gasteiger partial charge is 0.480 e. The zero-order chi connectivity index (χ0) is 17.0. The van der Waals surface area contributed by atoms with Crippen molar-refractivity contribution in [2.24, 2.45) is 5.92 Å². The molecule has 0 saturated heterocycles. The third-order valence-electron chi connectivity index (χ3n) is 2.78. The molecule has 1 atom stereocenters. The standard InChI is InChI=1S/C13H26N2O7/c1-10(2)9-11(12(16)17)14-13(18)21-7-5-3-4-6-8-22-15(19)20/h10-11,19-20H,3-9H2,1-2H3,(H,14,18)(H,16,17). The number of nitrogens with zero attached hydrogens (tertiary/aromatic N) is 1. The fourth-order valence-electron chi connectivity index (χ4n) is 1.75. The van der Waals surface area contributed by atoms with Crippen molar-refractivity contribution >= 4 is 12.1 Å². The fourth-order valence-corrected chi connectivity index (χ4v) is 1.75. The van der Waals surface area contributed by atoms with Gasteiger partial charge in [-0.15, -0.1) is 0 Å². The summed E-state index contributed by atoms with van der Waals surface area (Å²) in [6.07, 6.45) is 2.45. The van der Waals surface area contributed by atoms with E-state index in [9.17, 15) is 9.59 Å². The molecule has 130 valence electrons. The number of carbonyl (C=O) groups excluding carboxylic acids is 1. The summed E-state index contributed by atoms with van der Waals surface area (Å²) in [7, 11) is 0. The molecule has 9 heteroatoms. The lowest BCUT2D eigenvalue weighted by Gasteiger charge is -2.16. The Balaban J connectivity index is 3.65. The SMILES string of the molecule is CC(C)CC(NC(=O)OCCCCCCON(O)O)C(=O)O. The van der Waals surface area contributed by atoms with Crippen LogP contribution in [0.1, 0.15) is 46.0 Å². The molecule has 0 aliphatic carbocycles. The number of rotatable bonds is 12. The van der Waals surface area contributed by atoms with Gasteiger partial charge in [0, 0.05) is 0 Å². The second-order valence-electron chi connectivity index (χ2n) is 5.30. The number of hydrogen-bond acceptors (Lipinski definition) is 7. The first kappa shape index (κ1) is 20.6. The van der Waals surface area contributed by atoms with Crippen molar-refractivity contribution in [3.05, 3.63) is 0 Å². The minimum absolute atomic E-state index is 0.150. The molecule has 0 fully saturated rings. The number of unbranched alkanes of at least 4 members (excludes halogenated alkanes) is 3. The Bertz CT molecular complexity index is 324. The molecule has 9 nitrogen and oxygen atoms in total. The average Bonchev–Trinajstić information content (AvgIpc) is 2.40. The molecule has 0 bridgehead atoms. The van der Waals surface area contributed by atoms with E-state index in [1.807, 2.05) is 13.8 Å². The average molecular weight is 322 g/mol. The second kappa shape index (κ2) is 12.2. The van der Waals surface area contributed by atoms with Gasteiger partial charge in [0.05, 0.1) is 18.6 Å². The highest BCUT2D eigenvalue weighted by Crippen LogP contribution is 2.06. The van der Waals surface area contributed by atoms with E-state index in [0.717, 1.165) is 12.8 Å². The number of amides is 1. The highest BCUT2D eigenvalue weighted by atomic mass is 17.1. The zero-order valence-electron chi connectivity index (χ0n) is 13.0. The van der Waals surface area contributed by atoms with Gasteiger partial charge in [-0.25, -0.2) is 9.59 Å². The number of carbonyl (C=O) groups is 2. The molecule has 0 radical (unpaired) electrons. The van der Waals surface area contributed by atoms with Gasteiger partial charge in [-0.3, -0.25) is 15.3 Å². The Labute approximate surface area is 129 Å². The Kier molecular flexibility index (Phi) is 11.4. The van der Waals surface area contributed by atoms with Crippen LogP contribution < -0.4 is 5.32 Å². The van der Waals surface area contributed by atoms with Gasteiger partial charge in [-0.1, -0.05) is 20.3 Å². The lowest BCUT2D eigenvalue weighted by Crippen LogP contribution is -2.42. The summed E-state index contributed by atoms with van der Waals surface area (Å²) in [5.74, 6) is -0.926. The number of aliphatic carboxylic acids is 1. The van der Waals surface area contributed by atoms with Crippen LogP contribution in [-0.4, -0.2) is 52.2 Å². The zero-order valence-corrected chi connectivity index (χ0v) is 13.0. The van der Waals surface area contributed by atoms with E-state index >= 15 is 0 Å². The quantitative estimate of drug-likeness (QED) is 0.316. The maximum absolute atomic E-state index is 11.5. The molecule has 0 aromatic rings. The van der Waals surface area contributed by atoms with E-state index in [0.29, 0.717) is 19.3 Å². The monoisotopic (exact) mass is 322 g/mol. The van der Waals surface area contributed by atoms with Crippen LogP contribution in [0.15, 0.2) is 0 Å². The van der Waals surface area contributed by atoms with E-state index in [1.165, 1.54) is 0 Å². The Morgan fingerprint density at radius 1 is 1.09 bits per heavy atom. The Morgan fingerprint density at radius 2 is 1.68 bits per heavy atom. The molecule has 0 aliphatic rings. The van der Waals surface area contributed by atoms with Gasteiger partial charge in [0.2, 0.25) is 0 Å². The molecule has 0 spiro atoms. The molecular weight excluding hydrogens is 296 g/mol.